The van der Waals surface area contributed by atoms with Crippen LogP contribution in [0.5, 0.6) is 0 Å². The molecule has 3 N–H and O–H groups in total. The van der Waals surface area contributed by atoms with Gasteiger partial charge in [0.15, 0.2) is 0 Å². The Morgan fingerprint density at radius 3 is 2.44 bits per heavy atom. The van der Waals surface area contributed by atoms with Crippen molar-refractivity contribution in [1.82, 2.24) is 9.71 Å². The van der Waals surface area contributed by atoms with Gasteiger partial charge < -0.3 is 5.73 Å². The summed E-state index contributed by atoms with van der Waals surface area (Å²) in [5.74, 6) is 0.536. The lowest BCUT2D eigenvalue weighted by molar-refractivity contribution is 0.472. The molecule has 1 aromatic heterocycles. The van der Waals surface area contributed by atoms with Gasteiger partial charge in [0.25, 0.3) is 0 Å². The minimum Gasteiger partial charge on any atom is -0.396 e. The average Bonchev–Trinajstić information content (AvgIpc) is 3.45. The molecule has 1 aromatic carbocycles. The number of benzene rings is 1. The standard InChI is InChI=1S/C21H28FN3OS/c1-21(2,3)27(26)25-20(16-6-7-18(22)19(23)12-16)13-17(14-4-5-14)15-8-10-24-11-9-15/h6-12,14,17,20,25H,4-5,13,23H2,1-3H3/t17?,20-,27?/m1/s1. The molecule has 0 aliphatic heterocycles. The molecule has 0 spiro atoms. The molecule has 1 aliphatic rings. The third kappa shape index (κ3) is 5.14. The Morgan fingerprint density at radius 1 is 1.22 bits per heavy atom. The molecule has 3 atom stereocenters. The molecule has 0 radical (unpaired) electrons. The lowest BCUT2D eigenvalue weighted by Gasteiger charge is -2.28. The van der Waals surface area contributed by atoms with Crippen LogP contribution < -0.4 is 10.5 Å². The van der Waals surface area contributed by atoms with Crippen LogP contribution in [-0.2, 0) is 11.0 Å². The number of nitrogens with two attached hydrogens (primary N) is 1. The van der Waals surface area contributed by atoms with Crippen LogP contribution in [0.3, 0.4) is 0 Å². The number of pyridine rings is 1. The van der Waals surface area contributed by atoms with E-state index in [4.69, 9.17) is 5.73 Å². The van der Waals surface area contributed by atoms with Crippen LogP contribution in [0.15, 0.2) is 42.7 Å². The van der Waals surface area contributed by atoms with E-state index in [1.807, 2.05) is 33.2 Å². The summed E-state index contributed by atoms with van der Waals surface area (Å²) in [6.45, 7) is 5.81. The SMILES string of the molecule is CC(C)(C)S(=O)N[C@H](CC(c1ccncc1)C1CC1)c1ccc(F)c(N)c1. The zero-order chi connectivity index (χ0) is 19.6. The number of halogens is 1. The lowest BCUT2D eigenvalue weighted by atomic mass is 9.86. The van der Waals surface area contributed by atoms with Gasteiger partial charge in [-0.2, -0.15) is 0 Å². The van der Waals surface area contributed by atoms with Gasteiger partial charge in [-0.1, -0.05) is 6.07 Å². The average molecular weight is 390 g/mol. The van der Waals surface area contributed by atoms with Gasteiger partial charge in [0.2, 0.25) is 0 Å². The minimum atomic E-state index is -1.24. The van der Waals surface area contributed by atoms with Crippen molar-refractivity contribution >= 4 is 16.7 Å². The van der Waals surface area contributed by atoms with E-state index < -0.39 is 21.5 Å². The summed E-state index contributed by atoms with van der Waals surface area (Å²) in [5, 5.41) is 0. The molecule has 4 nitrogen and oxygen atoms in total. The van der Waals surface area contributed by atoms with Crippen molar-refractivity contribution in [3.8, 4) is 0 Å². The zero-order valence-electron chi connectivity index (χ0n) is 16.1. The Bertz CT molecular complexity index is 803. The third-order valence-corrected chi connectivity index (χ3v) is 6.65. The number of aromatic nitrogens is 1. The number of nitrogens with one attached hydrogen (secondary N) is 1. The Balaban J connectivity index is 1.90. The predicted octanol–water partition coefficient (Wildman–Crippen LogP) is 4.48. The number of hydrogen-bond donors (Lipinski definition) is 2. The van der Waals surface area contributed by atoms with E-state index in [0.717, 1.165) is 12.0 Å². The maximum Gasteiger partial charge on any atom is 0.146 e. The lowest BCUT2D eigenvalue weighted by Crippen LogP contribution is -2.36. The fourth-order valence-electron chi connectivity index (χ4n) is 3.30. The van der Waals surface area contributed by atoms with Crippen molar-refractivity contribution in [3.05, 3.63) is 59.7 Å². The minimum absolute atomic E-state index is 0.118. The number of hydrogen-bond acceptors (Lipinski definition) is 3. The van der Waals surface area contributed by atoms with Crippen LogP contribution in [-0.4, -0.2) is 13.9 Å². The Kier molecular flexibility index (Phi) is 5.96. The van der Waals surface area contributed by atoms with Crippen LogP contribution in [0.1, 0.15) is 63.1 Å². The smallest absolute Gasteiger partial charge is 0.146 e. The molecular weight excluding hydrogens is 361 g/mol. The summed E-state index contributed by atoms with van der Waals surface area (Å²) < 4.78 is 29.3. The van der Waals surface area contributed by atoms with Crippen LogP contribution in [0, 0.1) is 11.7 Å². The molecule has 1 heterocycles. The molecule has 3 rings (SSSR count). The second-order valence-electron chi connectivity index (χ2n) is 8.29. The highest BCUT2D eigenvalue weighted by Gasteiger charge is 2.35. The normalized spacial score (nSPS) is 18.1. The first-order valence-electron chi connectivity index (χ1n) is 9.38. The number of rotatable bonds is 7. The van der Waals surface area contributed by atoms with Crippen LogP contribution in [0.4, 0.5) is 10.1 Å². The molecule has 2 unspecified atom stereocenters. The summed E-state index contributed by atoms with van der Waals surface area (Å²) >= 11 is 0. The van der Waals surface area contributed by atoms with Crippen molar-refractivity contribution in [2.75, 3.05) is 5.73 Å². The van der Waals surface area contributed by atoms with Crippen molar-refractivity contribution in [3.63, 3.8) is 0 Å². The fourth-order valence-corrected chi connectivity index (χ4v) is 4.15. The maximum absolute atomic E-state index is 13.7. The molecule has 146 valence electrons. The van der Waals surface area contributed by atoms with Gasteiger partial charge in [0, 0.05) is 18.4 Å². The summed E-state index contributed by atoms with van der Waals surface area (Å²) in [7, 11) is -1.24. The fraction of sp³-hybridized carbons (Fsp3) is 0.476. The Morgan fingerprint density at radius 2 is 1.89 bits per heavy atom. The molecule has 1 fully saturated rings. The summed E-state index contributed by atoms with van der Waals surface area (Å²) in [5.41, 5.74) is 8.03. The van der Waals surface area contributed by atoms with Crippen molar-refractivity contribution in [2.24, 2.45) is 5.92 Å². The van der Waals surface area contributed by atoms with Crippen LogP contribution in [0.25, 0.3) is 0 Å². The van der Waals surface area contributed by atoms with Crippen LogP contribution >= 0.6 is 0 Å². The topological polar surface area (TPSA) is 68.0 Å². The van der Waals surface area contributed by atoms with E-state index in [1.165, 1.54) is 24.5 Å². The summed E-state index contributed by atoms with van der Waals surface area (Å²) in [4.78, 5) is 4.12. The molecule has 27 heavy (non-hydrogen) atoms. The second kappa shape index (κ2) is 8.07. The van der Waals surface area contributed by atoms with Crippen molar-refractivity contribution in [2.45, 2.75) is 56.7 Å². The summed E-state index contributed by atoms with van der Waals surface area (Å²) in [6, 6.07) is 8.72. The molecule has 0 bridgehead atoms. The molecule has 2 aromatic rings. The third-order valence-electron chi connectivity index (χ3n) is 5.04. The highest BCUT2D eigenvalue weighted by Crippen LogP contribution is 2.46. The molecule has 1 saturated carbocycles. The Hall–Kier alpha value is -1.79. The monoisotopic (exact) mass is 389 g/mol. The van der Waals surface area contributed by atoms with Gasteiger partial charge >= 0.3 is 0 Å². The number of anilines is 1. The predicted molar refractivity (Wildman–Crippen MR) is 109 cm³/mol. The Labute approximate surface area is 163 Å². The van der Waals surface area contributed by atoms with Gasteiger partial charge in [-0.3, -0.25) is 4.98 Å². The van der Waals surface area contributed by atoms with Gasteiger partial charge in [-0.15, -0.1) is 0 Å². The maximum atomic E-state index is 13.7. The van der Waals surface area contributed by atoms with Gasteiger partial charge in [-0.25, -0.2) is 13.3 Å². The van der Waals surface area contributed by atoms with E-state index in [1.54, 1.807) is 12.1 Å². The van der Waals surface area contributed by atoms with Crippen molar-refractivity contribution in [1.29, 1.82) is 0 Å². The highest BCUT2D eigenvalue weighted by molar-refractivity contribution is 7.84. The number of nitrogen functional groups attached to an aromatic ring is 1. The molecular formula is C21H28FN3OS. The van der Waals surface area contributed by atoms with Gasteiger partial charge in [-0.05, 0) is 87.3 Å². The molecule has 6 heteroatoms. The quantitative estimate of drug-likeness (QED) is 0.686. The van der Waals surface area contributed by atoms with Gasteiger partial charge in [0.05, 0.1) is 21.4 Å². The summed E-state index contributed by atoms with van der Waals surface area (Å²) in [6.07, 6.45) is 6.81. The van der Waals surface area contributed by atoms with Crippen LogP contribution in [0.2, 0.25) is 0 Å². The van der Waals surface area contributed by atoms with Gasteiger partial charge in [0.1, 0.15) is 5.82 Å². The van der Waals surface area contributed by atoms with Crippen molar-refractivity contribution < 1.29 is 8.60 Å². The molecule has 0 saturated heterocycles. The first kappa shape index (κ1) is 20.0. The second-order valence-corrected chi connectivity index (χ2v) is 10.3. The highest BCUT2D eigenvalue weighted by atomic mass is 32.2. The first-order valence-corrected chi connectivity index (χ1v) is 10.5. The van der Waals surface area contributed by atoms with E-state index in [0.29, 0.717) is 11.8 Å². The number of nitrogens with zero attached hydrogens (tertiary/aromatic N) is 1. The van der Waals surface area contributed by atoms with E-state index in [-0.39, 0.29) is 11.7 Å². The zero-order valence-corrected chi connectivity index (χ0v) is 16.9. The molecule has 1 aliphatic carbocycles. The largest absolute Gasteiger partial charge is 0.396 e. The molecule has 0 amide bonds. The van der Waals surface area contributed by atoms with E-state index in [2.05, 4.69) is 21.8 Å². The van der Waals surface area contributed by atoms with E-state index in [9.17, 15) is 8.60 Å². The van der Waals surface area contributed by atoms with E-state index >= 15 is 0 Å². The first-order chi connectivity index (χ1) is 12.8.